The third-order valence-corrected chi connectivity index (χ3v) is 7.31. The highest BCUT2D eigenvalue weighted by atomic mass is 16.5. The third-order valence-electron chi connectivity index (χ3n) is 7.31. The van der Waals surface area contributed by atoms with Crippen LogP contribution in [0.2, 0.25) is 0 Å². The maximum absolute atomic E-state index is 13.8. The van der Waals surface area contributed by atoms with Crippen molar-refractivity contribution < 1.29 is 28.5 Å². The molecule has 236 valence electrons. The smallest absolute Gasteiger partial charge is 0.172 e. The molecule has 0 aliphatic rings. The normalized spacial score (nSPS) is 14.0. The molecule has 0 radical (unpaired) electrons. The Bertz CT molecular complexity index is 1080. The molecule has 42 heavy (non-hydrogen) atoms. The Morgan fingerprint density at radius 1 is 0.667 bits per heavy atom. The van der Waals surface area contributed by atoms with Gasteiger partial charge >= 0.3 is 0 Å². The molecular weight excluding hydrogens is 528 g/mol. The number of rotatable bonds is 21. The Hall–Kier alpha value is -2.89. The lowest BCUT2D eigenvalue weighted by molar-refractivity contribution is 0.0971. The van der Waals surface area contributed by atoms with Gasteiger partial charge in [0.15, 0.2) is 28.8 Å². The fourth-order valence-electron chi connectivity index (χ4n) is 5.22. The van der Waals surface area contributed by atoms with E-state index in [4.69, 9.17) is 23.7 Å². The lowest BCUT2D eigenvalue weighted by atomic mass is 10.00. The van der Waals surface area contributed by atoms with Crippen LogP contribution in [0, 0.1) is 0 Å². The first-order chi connectivity index (χ1) is 20.2. The number of aryl methyl sites for hydroxylation is 1. The van der Waals surface area contributed by atoms with Gasteiger partial charge in [0.1, 0.15) is 5.75 Å². The first-order valence-electron chi connectivity index (χ1n) is 16.2. The van der Waals surface area contributed by atoms with E-state index in [1.54, 1.807) is 7.11 Å². The third kappa shape index (κ3) is 11.1. The zero-order valence-electron chi connectivity index (χ0n) is 27.7. The van der Waals surface area contributed by atoms with Gasteiger partial charge in [-0.25, -0.2) is 0 Å². The molecule has 6 nitrogen and oxygen atoms in total. The number of carbonyl (C=O) groups excluding carboxylic acids is 1. The first-order valence-corrected chi connectivity index (χ1v) is 16.2. The molecule has 0 amide bonds. The fraction of sp³-hybridized carbons (Fsp3) is 0.639. The number of methoxy groups -OCH3 is 1. The van der Waals surface area contributed by atoms with Gasteiger partial charge in [0, 0.05) is 18.1 Å². The summed E-state index contributed by atoms with van der Waals surface area (Å²) in [7, 11) is 1.65. The van der Waals surface area contributed by atoms with Gasteiger partial charge in [-0.2, -0.15) is 0 Å². The summed E-state index contributed by atoms with van der Waals surface area (Å²) in [6.45, 7) is 16.8. The number of ketones is 1. The Balaban J connectivity index is 2.44. The summed E-state index contributed by atoms with van der Waals surface area (Å²) in [4.78, 5) is 13.8. The first kappa shape index (κ1) is 35.3. The van der Waals surface area contributed by atoms with Crippen LogP contribution < -0.4 is 23.7 Å². The Morgan fingerprint density at radius 3 is 1.74 bits per heavy atom. The summed E-state index contributed by atoms with van der Waals surface area (Å²) >= 11 is 0. The van der Waals surface area contributed by atoms with Gasteiger partial charge in [0.05, 0.1) is 37.1 Å². The molecule has 4 atom stereocenters. The van der Waals surface area contributed by atoms with E-state index in [1.165, 1.54) is 0 Å². The van der Waals surface area contributed by atoms with Crippen molar-refractivity contribution in [3.8, 4) is 28.7 Å². The average Bonchev–Trinajstić information content (AvgIpc) is 2.94. The maximum Gasteiger partial charge on any atom is 0.172 e. The minimum absolute atomic E-state index is 0.000473. The predicted molar refractivity (Wildman–Crippen MR) is 172 cm³/mol. The van der Waals surface area contributed by atoms with Gasteiger partial charge in [-0.3, -0.25) is 4.79 Å². The van der Waals surface area contributed by atoms with Crippen molar-refractivity contribution in [3.05, 3.63) is 41.5 Å². The molecule has 0 fully saturated rings. The second kappa shape index (κ2) is 18.6. The van der Waals surface area contributed by atoms with Crippen molar-refractivity contribution >= 4 is 5.78 Å². The monoisotopic (exact) mass is 584 g/mol. The van der Waals surface area contributed by atoms with Gasteiger partial charge < -0.3 is 23.7 Å². The van der Waals surface area contributed by atoms with E-state index in [9.17, 15) is 4.79 Å². The van der Waals surface area contributed by atoms with E-state index < -0.39 is 0 Å². The maximum atomic E-state index is 13.8. The molecule has 2 aromatic carbocycles. The number of ether oxygens (including phenoxy) is 5. The molecule has 0 heterocycles. The molecular formula is C36H56O6. The second-order valence-electron chi connectivity index (χ2n) is 11.5. The minimum Gasteiger partial charge on any atom is -0.493 e. The number of Topliss-reactive ketones (excluding diaryl/α,β-unsaturated/α-hetero) is 1. The fourth-order valence-corrected chi connectivity index (χ4v) is 5.22. The molecule has 0 aromatic heterocycles. The minimum atomic E-state index is -0.0314. The molecule has 0 bridgehead atoms. The largest absolute Gasteiger partial charge is 0.493 e. The van der Waals surface area contributed by atoms with Crippen LogP contribution in [0.1, 0.15) is 129 Å². The van der Waals surface area contributed by atoms with Crippen LogP contribution in [0.25, 0.3) is 0 Å². The second-order valence-corrected chi connectivity index (χ2v) is 11.5. The van der Waals surface area contributed by atoms with E-state index in [-0.39, 0.29) is 36.6 Å². The van der Waals surface area contributed by atoms with Crippen molar-refractivity contribution in [2.24, 2.45) is 0 Å². The van der Waals surface area contributed by atoms with Crippen LogP contribution in [0.3, 0.4) is 0 Å². The van der Waals surface area contributed by atoms with Gasteiger partial charge in [0.25, 0.3) is 0 Å². The van der Waals surface area contributed by atoms with E-state index in [2.05, 4.69) is 48.5 Å². The molecule has 0 saturated heterocycles. The SMILES string of the molecule is CCCC(C)Oc1cc(CCC(=O)c2cccc(OC(C)CCC)c2OC(C)CCC)c(OC(C)CCC)c(OC)c1. The van der Waals surface area contributed by atoms with Crippen molar-refractivity contribution in [1.82, 2.24) is 0 Å². The number of hydrogen-bond acceptors (Lipinski definition) is 6. The van der Waals surface area contributed by atoms with Crippen LogP contribution in [-0.2, 0) is 6.42 Å². The summed E-state index contributed by atoms with van der Waals surface area (Å²) in [6.07, 6.45) is 8.61. The standard InChI is InChI=1S/C36H56O6/c1-10-15-25(5)39-30-23-29(35(34(24-30)38-9)41-27(7)17-12-3)21-22-32(37)31-19-14-20-33(40-26(6)16-11-2)36(31)42-28(8)18-13-4/h14,19-20,23-28H,10-13,15-18,21-22H2,1-9H3. The molecule has 0 aliphatic heterocycles. The summed E-state index contributed by atoms with van der Waals surface area (Å²) in [5, 5.41) is 0. The Morgan fingerprint density at radius 2 is 1.19 bits per heavy atom. The summed E-state index contributed by atoms with van der Waals surface area (Å²) in [6, 6.07) is 9.53. The van der Waals surface area contributed by atoms with E-state index >= 15 is 0 Å². The predicted octanol–water partition coefficient (Wildman–Crippen LogP) is 9.78. The highest BCUT2D eigenvalue weighted by Crippen LogP contribution is 2.39. The van der Waals surface area contributed by atoms with E-state index in [1.807, 2.05) is 37.3 Å². The van der Waals surface area contributed by atoms with Crippen molar-refractivity contribution in [3.63, 3.8) is 0 Å². The number of carbonyl (C=O) groups is 1. The quantitative estimate of drug-likeness (QED) is 0.136. The number of para-hydroxylation sites is 1. The zero-order valence-corrected chi connectivity index (χ0v) is 27.7. The van der Waals surface area contributed by atoms with E-state index in [0.717, 1.165) is 62.7 Å². The molecule has 2 rings (SSSR count). The molecule has 0 aliphatic carbocycles. The summed E-state index contributed by atoms with van der Waals surface area (Å²) in [5.74, 6) is 3.20. The summed E-state index contributed by atoms with van der Waals surface area (Å²) in [5.41, 5.74) is 1.45. The highest BCUT2D eigenvalue weighted by Gasteiger charge is 2.23. The molecule has 4 unspecified atom stereocenters. The van der Waals surface area contributed by atoms with Gasteiger partial charge in [-0.1, -0.05) is 59.4 Å². The highest BCUT2D eigenvalue weighted by molar-refractivity contribution is 5.99. The van der Waals surface area contributed by atoms with E-state index in [0.29, 0.717) is 35.0 Å². The van der Waals surface area contributed by atoms with Crippen LogP contribution in [0.15, 0.2) is 30.3 Å². The molecule has 6 heteroatoms. The summed E-state index contributed by atoms with van der Waals surface area (Å²) < 4.78 is 31.1. The molecule has 2 aromatic rings. The van der Waals surface area contributed by atoms with Crippen LogP contribution >= 0.6 is 0 Å². The number of hydrogen-bond donors (Lipinski definition) is 0. The van der Waals surface area contributed by atoms with Crippen molar-refractivity contribution in [2.45, 2.75) is 144 Å². The topological polar surface area (TPSA) is 63.2 Å². The lowest BCUT2D eigenvalue weighted by Crippen LogP contribution is -2.18. The molecule has 0 spiro atoms. The van der Waals surface area contributed by atoms with Crippen molar-refractivity contribution in [1.29, 1.82) is 0 Å². The Labute approximate surface area is 255 Å². The number of benzene rings is 2. The molecule has 0 saturated carbocycles. The van der Waals surface area contributed by atoms with Crippen LogP contribution in [-0.4, -0.2) is 37.3 Å². The van der Waals surface area contributed by atoms with Crippen LogP contribution in [0.5, 0.6) is 28.7 Å². The van der Waals surface area contributed by atoms with Crippen LogP contribution in [0.4, 0.5) is 0 Å². The Kier molecular flexibility index (Phi) is 15.6. The lowest BCUT2D eigenvalue weighted by Gasteiger charge is -2.23. The molecule has 0 N–H and O–H groups in total. The van der Waals surface area contributed by atoms with Gasteiger partial charge in [-0.15, -0.1) is 0 Å². The van der Waals surface area contributed by atoms with Gasteiger partial charge in [0.2, 0.25) is 0 Å². The zero-order chi connectivity index (χ0) is 31.1. The van der Waals surface area contributed by atoms with Crippen molar-refractivity contribution in [2.75, 3.05) is 7.11 Å². The van der Waals surface area contributed by atoms with Gasteiger partial charge in [-0.05, 0) is 78.0 Å². The average molecular weight is 585 g/mol.